The van der Waals surface area contributed by atoms with Crippen molar-refractivity contribution in [2.45, 2.75) is 84.2 Å². The lowest BCUT2D eigenvalue weighted by atomic mass is 9.85. The molecular weight excluding hydrogens is 340 g/mol. The highest BCUT2D eigenvalue weighted by atomic mass is 16.5. The van der Waals surface area contributed by atoms with E-state index < -0.39 is 0 Å². The van der Waals surface area contributed by atoms with Crippen molar-refractivity contribution in [3.8, 4) is 0 Å². The minimum absolute atomic E-state index is 0.0219. The van der Waals surface area contributed by atoms with E-state index in [1.165, 1.54) is 25.7 Å². The molecule has 0 radical (unpaired) electrons. The summed E-state index contributed by atoms with van der Waals surface area (Å²) in [6, 6.07) is 6.61. The number of carbonyl (C=O) groups excluding carboxylic acids is 2. The fraction of sp³-hybridized carbons (Fsp3) is 0.652. The molecule has 1 aromatic carbocycles. The highest BCUT2D eigenvalue weighted by Gasteiger charge is 2.27. The van der Waals surface area contributed by atoms with Gasteiger partial charge in [0.2, 0.25) is 0 Å². The van der Waals surface area contributed by atoms with Crippen LogP contribution < -0.4 is 0 Å². The Bertz CT molecular complexity index is 579. The predicted molar refractivity (Wildman–Crippen MR) is 107 cm³/mol. The quantitative estimate of drug-likeness (QED) is 0.376. The maximum Gasteiger partial charge on any atom is 0.338 e. The molecule has 2 atom stereocenters. The first kappa shape index (κ1) is 21.5. The number of esters is 2. The SMILES string of the molecule is CCCCCCCOC(=O)c1ccc(C(=O)OC2CCCCC2CC)cc1. The molecule has 1 fully saturated rings. The lowest BCUT2D eigenvalue weighted by Crippen LogP contribution is -2.29. The Morgan fingerprint density at radius 3 is 2.19 bits per heavy atom. The van der Waals surface area contributed by atoms with Gasteiger partial charge >= 0.3 is 11.9 Å². The predicted octanol–water partition coefficient (Wildman–Crippen LogP) is 5.94. The molecule has 0 spiro atoms. The molecule has 1 saturated carbocycles. The molecule has 4 nitrogen and oxygen atoms in total. The molecule has 1 aromatic rings. The van der Waals surface area contributed by atoms with E-state index in [4.69, 9.17) is 9.47 Å². The van der Waals surface area contributed by atoms with Gasteiger partial charge in [-0.05, 0) is 62.3 Å². The second kappa shape index (κ2) is 11.8. The molecule has 0 N–H and O–H groups in total. The Hall–Kier alpha value is -1.84. The van der Waals surface area contributed by atoms with Crippen molar-refractivity contribution < 1.29 is 19.1 Å². The molecule has 0 bridgehead atoms. The summed E-state index contributed by atoms with van der Waals surface area (Å²) in [5, 5.41) is 0. The van der Waals surface area contributed by atoms with Crippen LogP contribution in [-0.4, -0.2) is 24.6 Å². The van der Waals surface area contributed by atoms with E-state index in [0.29, 0.717) is 23.7 Å². The molecule has 2 rings (SSSR count). The van der Waals surface area contributed by atoms with Gasteiger partial charge in [0.15, 0.2) is 0 Å². The van der Waals surface area contributed by atoms with E-state index >= 15 is 0 Å². The van der Waals surface area contributed by atoms with Crippen molar-refractivity contribution >= 4 is 11.9 Å². The van der Waals surface area contributed by atoms with Crippen LogP contribution in [0.15, 0.2) is 24.3 Å². The van der Waals surface area contributed by atoms with Crippen molar-refractivity contribution in [3.63, 3.8) is 0 Å². The van der Waals surface area contributed by atoms with Gasteiger partial charge in [-0.15, -0.1) is 0 Å². The van der Waals surface area contributed by atoms with E-state index in [1.54, 1.807) is 24.3 Å². The van der Waals surface area contributed by atoms with Crippen LogP contribution in [0.3, 0.4) is 0 Å². The molecule has 2 unspecified atom stereocenters. The van der Waals surface area contributed by atoms with E-state index in [9.17, 15) is 9.59 Å². The Balaban J connectivity index is 1.79. The number of hydrogen-bond acceptors (Lipinski definition) is 4. The zero-order valence-electron chi connectivity index (χ0n) is 16.9. The summed E-state index contributed by atoms with van der Waals surface area (Å²) < 4.78 is 11.0. The van der Waals surface area contributed by atoms with Crippen LogP contribution in [0.4, 0.5) is 0 Å². The van der Waals surface area contributed by atoms with Crippen LogP contribution in [0.1, 0.15) is 98.8 Å². The average Bonchev–Trinajstić information content (AvgIpc) is 2.71. The number of benzene rings is 1. The monoisotopic (exact) mass is 374 g/mol. The molecule has 4 heteroatoms. The second-order valence-corrected chi connectivity index (χ2v) is 7.52. The van der Waals surface area contributed by atoms with Crippen molar-refractivity contribution in [2.24, 2.45) is 5.92 Å². The van der Waals surface area contributed by atoms with Crippen molar-refractivity contribution in [3.05, 3.63) is 35.4 Å². The smallest absolute Gasteiger partial charge is 0.338 e. The highest BCUT2D eigenvalue weighted by Crippen LogP contribution is 2.29. The van der Waals surface area contributed by atoms with Crippen molar-refractivity contribution in [1.29, 1.82) is 0 Å². The van der Waals surface area contributed by atoms with Crippen LogP contribution in [0.25, 0.3) is 0 Å². The summed E-state index contributed by atoms with van der Waals surface area (Å²) in [5.41, 5.74) is 0.968. The number of hydrogen-bond donors (Lipinski definition) is 0. The summed E-state index contributed by atoms with van der Waals surface area (Å²) in [4.78, 5) is 24.5. The van der Waals surface area contributed by atoms with Gasteiger partial charge in [0, 0.05) is 0 Å². The van der Waals surface area contributed by atoms with Crippen LogP contribution >= 0.6 is 0 Å². The third-order valence-electron chi connectivity index (χ3n) is 5.46. The molecule has 27 heavy (non-hydrogen) atoms. The molecule has 0 amide bonds. The maximum absolute atomic E-state index is 12.4. The van der Waals surface area contributed by atoms with Gasteiger partial charge < -0.3 is 9.47 Å². The summed E-state index contributed by atoms with van der Waals surface area (Å²) in [5.74, 6) is -0.158. The fourth-order valence-corrected chi connectivity index (χ4v) is 3.70. The molecule has 1 aliphatic rings. The Labute approximate surface area is 163 Å². The number of ether oxygens (including phenoxy) is 2. The minimum Gasteiger partial charge on any atom is -0.462 e. The zero-order chi connectivity index (χ0) is 19.5. The molecule has 1 aliphatic carbocycles. The molecule has 0 aromatic heterocycles. The standard InChI is InChI=1S/C23H34O4/c1-3-5-6-7-10-17-26-22(24)19-13-15-20(16-14-19)23(25)27-21-12-9-8-11-18(21)4-2/h13-16,18,21H,3-12,17H2,1-2H3. The normalized spacial score (nSPS) is 19.5. The summed E-state index contributed by atoms with van der Waals surface area (Å²) in [6.45, 7) is 4.78. The first-order valence-corrected chi connectivity index (χ1v) is 10.6. The maximum atomic E-state index is 12.4. The minimum atomic E-state index is -0.330. The molecule has 0 aliphatic heterocycles. The summed E-state index contributed by atoms with van der Waals surface area (Å²) in [7, 11) is 0. The number of rotatable bonds is 10. The first-order valence-electron chi connectivity index (χ1n) is 10.6. The van der Waals surface area contributed by atoms with Crippen molar-refractivity contribution in [1.82, 2.24) is 0 Å². The van der Waals surface area contributed by atoms with Crippen LogP contribution in [-0.2, 0) is 9.47 Å². The van der Waals surface area contributed by atoms with Gasteiger partial charge in [0.05, 0.1) is 17.7 Å². The summed E-state index contributed by atoms with van der Waals surface area (Å²) >= 11 is 0. The fourth-order valence-electron chi connectivity index (χ4n) is 3.70. The first-order chi connectivity index (χ1) is 13.2. The number of unbranched alkanes of at least 4 members (excludes halogenated alkanes) is 4. The van der Waals surface area contributed by atoms with Crippen molar-refractivity contribution in [2.75, 3.05) is 6.61 Å². The molecular formula is C23H34O4. The van der Waals surface area contributed by atoms with Gasteiger partial charge in [0.1, 0.15) is 6.10 Å². The van der Waals surface area contributed by atoms with Crippen LogP contribution in [0, 0.1) is 5.92 Å². The van der Waals surface area contributed by atoms with E-state index in [1.807, 2.05) is 0 Å². The second-order valence-electron chi connectivity index (χ2n) is 7.52. The zero-order valence-corrected chi connectivity index (χ0v) is 16.9. The van der Waals surface area contributed by atoms with E-state index in [-0.39, 0.29) is 18.0 Å². The molecule has 0 saturated heterocycles. The van der Waals surface area contributed by atoms with Gasteiger partial charge in [0.25, 0.3) is 0 Å². The summed E-state index contributed by atoms with van der Waals surface area (Å²) in [6.07, 6.45) is 11.1. The molecule has 0 heterocycles. The van der Waals surface area contributed by atoms with Crippen LogP contribution in [0.2, 0.25) is 0 Å². The lowest BCUT2D eigenvalue weighted by Gasteiger charge is -2.30. The van der Waals surface area contributed by atoms with E-state index in [0.717, 1.165) is 38.5 Å². The number of carbonyl (C=O) groups is 2. The molecule has 150 valence electrons. The Kier molecular flexibility index (Phi) is 9.37. The third-order valence-corrected chi connectivity index (χ3v) is 5.46. The third kappa shape index (κ3) is 7.00. The lowest BCUT2D eigenvalue weighted by molar-refractivity contribution is 0.000675. The van der Waals surface area contributed by atoms with Crippen LogP contribution in [0.5, 0.6) is 0 Å². The van der Waals surface area contributed by atoms with Gasteiger partial charge in [-0.2, -0.15) is 0 Å². The Morgan fingerprint density at radius 1 is 0.889 bits per heavy atom. The van der Waals surface area contributed by atoms with Gasteiger partial charge in [-0.3, -0.25) is 0 Å². The topological polar surface area (TPSA) is 52.6 Å². The Morgan fingerprint density at radius 2 is 1.52 bits per heavy atom. The van der Waals surface area contributed by atoms with Gasteiger partial charge in [-0.1, -0.05) is 46.0 Å². The van der Waals surface area contributed by atoms with Gasteiger partial charge in [-0.25, -0.2) is 9.59 Å². The van der Waals surface area contributed by atoms with E-state index in [2.05, 4.69) is 13.8 Å². The highest BCUT2D eigenvalue weighted by molar-refractivity contribution is 5.93. The average molecular weight is 375 g/mol. The largest absolute Gasteiger partial charge is 0.462 e.